The fourth-order valence-corrected chi connectivity index (χ4v) is 1.61. The highest BCUT2D eigenvalue weighted by atomic mass is 19.4. The quantitative estimate of drug-likeness (QED) is 0.742. The number of alkyl halides is 6. The van der Waals surface area contributed by atoms with E-state index in [-0.39, 0.29) is 5.69 Å². The molecular formula is C12H11F6NO3. The van der Waals surface area contributed by atoms with Gasteiger partial charge in [0.15, 0.2) is 0 Å². The molecule has 0 saturated carbocycles. The monoisotopic (exact) mass is 331 g/mol. The van der Waals surface area contributed by atoms with Gasteiger partial charge in [0.2, 0.25) is 0 Å². The van der Waals surface area contributed by atoms with Gasteiger partial charge in [0.25, 0.3) is 5.60 Å². The van der Waals surface area contributed by atoms with Crippen molar-refractivity contribution in [2.75, 3.05) is 5.32 Å². The van der Waals surface area contributed by atoms with E-state index in [1.165, 1.54) is 6.92 Å². The number of aliphatic hydroxyl groups is 1. The smallest absolute Gasteiger partial charge is 0.430 e. The Kier molecular flexibility index (Phi) is 4.66. The number of hydrogen-bond donors (Lipinski definition) is 3. The second-order valence-corrected chi connectivity index (χ2v) is 4.49. The van der Waals surface area contributed by atoms with E-state index in [0.29, 0.717) is 12.1 Å². The zero-order valence-corrected chi connectivity index (χ0v) is 11.0. The lowest BCUT2D eigenvalue weighted by atomic mass is 9.92. The van der Waals surface area contributed by atoms with Gasteiger partial charge in [-0.15, -0.1) is 0 Å². The Bertz CT molecular complexity index is 523. The van der Waals surface area contributed by atoms with Gasteiger partial charge < -0.3 is 15.5 Å². The number of carbonyl (C=O) groups is 1. The first-order valence-corrected chi connectivity index (χ1v) is 5.76. The Hall–Kier alpha value is -1.97. The third-order valence-corrected chi connectivity index (χ3v) is 2.88. The van der Waals surface area contributed by atoms with Crippen LogP contribution in [0, 0.1) is 0 Å². The molecule has 22 heavy (non-hydrogen) atoms. The summed E-state index contributed by atoms with van der Waals surface area (Å²) < 4.78 is 75.8. The van der Waals surface area contributed by atoms with Crippen LogP contribution in [0.4, 0.5) is 32.0 Å². The molecule has 0 aliphatic rings. The number of rotatable bonds is 4. The molecule has 3 N–H and O–H groups in total. The first kappa shape index (κ1) is 18.1. The standard InChI is InChI=1S/C12H11F6NO3/c1-6(9(20)21)19-8-4-2-7(3-5-8)10(22,11(13,14)15)12(16,17)18/h2-6,19,22H,1H3,(H,20,21). The van der Waals surface area contributed by atoms with E-state index in [2.05, 4.69) is 5.32 Å². The largest absolute Gasteiger partial charge is 0.480 e. The zero-order valence-electron chi connectivity index (χ0n) is 11.0. The molecule has 0 heterocycles. The van der Waals surface area contributed by atoms with Gasteiger partial charge in [-0.1, -0.05) is 12.1 Å². The van der Waals surface area contributed by atoms with Gasteiger partial charge in [-0.3, -0.25) is 4.79 Å². The second kappa shape index (κ2) is 5.67. The van der Waals surface area contributed by atoms with Crippen LogP contribution in [0.15, 0.2) is 24.3 Å². The van der Waals surface area contributed by atoms with Gasteiger partial charge in [-0.05, 0) is 19.1 Å². The third-order valence-electron chi connectivity index (χ3n) is 2.88. The molecule has 10 heteroatoms. The van der Waals surface area contributed by atoms with Gasteiger partial charge in [0.1, 0.15) is 6.04 Å². The number of benzene rings is 1. The molecule has 0 amide bonds. The van der Waals surface area contributed by atoms with E-state index in [9.17, 15) is 31.1 Å². The maximum Gasteiger partial charge on any atom is 0.430 e. The van der Waals surface area contributed by atoms with E-state index >= 15 is 0 Å². The number of carboxylic acids is 1. The summed E-state index contributed by atoms with van der Waals surface area (Å²) in [7, 11) is 0. The number of carboxylic acid groups (broad SMARTS) is 1. The first-order chi connectivity index (χ1) is 9.80. The predicted octanol–water partition coefficient (Wildman–Crippen LogP) is 2.88. The van der Waals surface area contributed by atoms with E-state index in [1.807, 2.05) is 0 Å². The molecule has 0 bridgehead atoms. The number of nitrogens with one attached hydrogen (secondary N) is 1. The van der Waals surface area contributed by atoms with Crippen LogP contribution in [0.2, 0.25) is 0 Å². The van der Waals surface area contributed by atoms with Gasteiger partial charge in [-0.2, -0.15) is 26.3 Å². The van der Waals surface area contributed by atoms with Crippen LogP contribution in [0.25, 0.3) is 0 Å². The van der Waals surface area contributed by atoms with Crippen LogP contribution in [-0.2, 0) is 10.4 Å². The molecule has 1 atom stereocenters. The van der Waals surface area contributed by atoms with Crippen molar-refractivity contribution in [1.29, 1.82) is 0 Å². The Balaban J connectivity index is 3.18. The number of anilines is 1. The van der Waals surface area contributed by atoms with Crippen LogP contribution < -0.4 is 5.32 Å². The molecule has 0 aromatic heterocycles. The molecule has 0 aliphatic carbocycles. The molecule has 0 saturated heterocycles. The van der Waals surface area contributed by atoms with Crippen molar-refractivity contribution in [3.05, 3.63) is 29.8 Å². The van der Waals surface area contributed by atoms with Gasteiger partial charge in [0.05, 0.1) is 0 Å². The van der Waals surface area contributed by atoms with E-state index in [4.69, 9.17) is 10.2 Å². The minimum atomic E-state index is -5.96. The lowest BCUT2D eigenvalue weighted by Gasteiger charge is -2.32. The van der Waals surface area contributed by atoms with Crippen molar-refractivity contribution < 1.29 is 41.4 Å². The highest BCUT2D eigenvalue weighted by Gasteiger charge is 2.71. The number of hydrogen-bond acceptors (Lipinski definition) is 3. The van der Waals surface area contributed by atoms with Crippen LogP contribution in [-0.4, -0.2) is 34.6 Å². The van der Waals surface area contributed by atoms with Crippen molar-refractivity contribution >= 4 is 11.7 Å². The molecular weight excluding hydrogens is 320 g/mol. The lowest BCUT2D eigenvalue weighted by molar-refractivity contribution is -0.376. The summed E-state index contributed by atoms with van der Waals surface area (Å²) in [5.74, 6) is -1.26. The maximum absolute atomic E-state index is 12.6. The normalized spacial score (nSPS) is 14.5. The van der Waals surface area contributed by atoms with E-state index < -0.39 is 35.5 Å². The maximum atomic E-state index is 12.6. The molecule has 124 valence electrons. The van der Waals surface area contributed by atoms with Crippen LogP contribution in [0.5, 0.6) is 0 Å². The van der Waals surface area contributed by atoms with Crippen molar-refractivity contribution in [3.8, 4) is 0 Å². The van der Waals surface area contributed by atoms with Gasteiger partial charge in [0, 0.05) is 11.3 Å². The fourth-order valence-electron chi connectivity index (χ4n) is 1.61. The minimum Gasteiger partial charge on any atom is -0.480 e. The molecule has 1 aromatic carbocycles. The molecule has 1 rings (SSSR count). The average Bonchev–Trinajstić information content (AvgIpc) is 2.35. The van der Waals surface area contributed by atoms with Crippen molar-refractivity contribution in [3.63, 3.8) is 0 Å². The first-order valence-electron chi connectivity index (χ1n) is 5.76. The van der Waals surface area contributed by atoms with Crippen LogP contribution >= 0.6 is 0 Å². The molecule has 0 aliphatic heterocycles. The van der Waals surface area contributed by atoms with Crippen LogP contribution in [0.3, 0.4) is 0 Å². The fraction of sp³-hybridized carbons (Fsp3) is 0.417. The summed E-state index contributed by atoms with van der Waals surface area (Å²) >= 11 is 0. The Labute approximate surface area is 120 Å². The molecule has 1 unspecified atom stereocenters. The highest BCUT2D eigenvalue weighted by Crippen LogP contribution is 2.50. The summed E-state index contributed by atoms with van der Waals surface area (Å²) in [6.45, 7) is 1.23. The van der Waals surface area contributed by atoms with Crippen molar-refractivity contribution in [2.45, 2.75) is 30.9 Å². The molecule has 4 nitrogen and oxygen atoms in total. The SMILES string of the molecule is CC(Nc1ccc(C(O)(C(F)(F)F)C(F)(F)F)cc1)C(=O)O. The summed E-state index contributed by atoms with van der Waals surface area (Å²) in [6.07, 6.45) is -11.9. The second-order valence-electron chi connectivity index (χ2n) is 4.49. The topological polar surface area (TPSA) is 69.6 Å². The Morgan fingerprint density at radius 2 is 1.45 bits per heavy atom. The van der Waals surface area contributed by atoms with Gasteiger partial charge >= 0.3 is 18.3 Å². The summed E-state index contributed by atoms with van der Waals surface area (Å²) in [5.41, 5.74) is -6.43. The summed E-state index contributed by atoms with van der Waals surface area (Å²) in [4.78, 5) is 10.6. The number of halogens is 6. The molecule has 0 radical (unpaired) electrons. The van der Waals surface area contributed by atoms with Crippen LogP contribution in [0.1, 0.15) is 12.5 Å². The predicted molar refractivity (Wildman–Crippen MR) is 63.2 cm³/mol. The average molecular weight is 331 g/mol. The van der Waals surface area contributed by atoms with E-state index in [0.717, 1.165) is 12.1 Å². The van der Waals surface area contributed by atoms with E-state index in [1.54, 1.807) is 0 Å². The summed E-state index contributed by atoms with van der Waals surface area (Å²) in [6, 6.07) is 1.39. The Morgan fingerprint density at radius 3 is 1.77 bits per heavy atom. The summed E-state index contributed by atoms with van der Waals surface area (Å²) in [5, 5.41) is 20.1. The van der Waals surface area contributed by atoms with Gasteiger partial charge in [-0.25, -0.2) is 0 Å². The lowest BCUT2D eigenvalue weighted by Crippen LogP contribution is -2.53. The highest BCUT2D eigenvalue weighted by molar-refractivity contribution is 5.76. The van der Waals surface area contributed by atoms with Crippen molar-refractivity contribution in [2.24, 2.45) is 0 Å². The molecule has 1 aromatic rings. The minimum absolute atomic E-state index is 0.00894. The molecule has 0 spiro atoms. The third kappa shape index (κ3) is 3.26. The zero-order chi connectivity index (χ0) is 17.3. The van der Waals surface area contributed by atoms with Crippen molar-refractivity contribution in [1.82, 2.24) is 0 Å². The molecule has 0 fully saturated rings. The Morgan fingerprint density at radius 1 is 1.05 bits per heavy atom. The number of aliphatic carboxylic acids is 1.